The van der Waals surface area contributed by atoms with Crippen LogP contribution in [0.2, 0.25) is 0 Å². The lowest BCUT2D eigenvalue weighted by atomic mass is 9.93. The highest BCUT2D eigenvalue weighted by Crippen LogP contribution is 2.29. The summed E-state index contributed by atoms with van der Waals surface area (Å²) in [6.07, 6.45) is 2.06. The Balaban J connectivity index is 3.56. The van der Waals surface area contributed by atoms with Crippen LogP contribution in [0, 0.1) is 27.7 Å². The maximum atomic E-state index is 10.4. The van der Waals surface area contributed by atoms with Crippen molar-refractivity contribution < 1.29 is 9.59 Å². The summed E-state index contributed by atoms with van der Waals surface area (Å²) >= 11 is 0. The van der Waals surface area contributed by atoms with Gasteiger partial charge in [0.2, 0.25) is 12.2 Å². The van der Waals surface area contributed by atoms with Gasteiger partial charge in [-0.1, -0.05) is 6.07 Å². The Morgan fingerprint density at radius 3 is 1.71 bits per heavy atom. The number of nitrogens with zero attached hydrogens (tertiary/aromatic N) is 2. The predicted molar refractivity (Wildman–Crippen MR) is 64.4 cm³/mol. The lowest BCUT2D eigenvalue weighted by Crippen LogP contribution is -2.03. The molecule has 0 fully saturated rings. The molecule has 0 aliphatic heterocycles. The smallest absolute Gasteiger partial charge is 0.211 e. The van der Waals surface area contributed by atoms with Crippen LogP contribution in [0.4, 0.5) is 0 Å². The van der Waals surface area contributed by atoms with Crippen molar-refractivity contribution in [3.63, 3.8) is 0 Å². The zero-order valence-electron chi connectivity index (χ0n) is 10.4. The van der Waals surface area contributed by atoms with Crippen LogP contribution in [-0.2, 0) is 9.59 Å². The van der Waals surface area contributed by atoms with Crippen LogP contribution in [0.3, 0.4) is 0 Å². The highest BCUT2D eigenvalue weighted by Gasteiger charge is 2.17. The van der Waals surface area contributed by atoms with Crippen molar-refractivity contribution in [2.24, 2.45) is 9.98 Å². The number of hydrogen-bond donors (Lipinski definition) is 0. The number of aliphatic imine (C=N–C) groups is 2. The average molecular weight is 230 g/mol. The molecule has 4 heteroatoms. The second-order valence-electron chi connectivity index (χ2n) is 3.99. The van der Waals surface area contributed by atoms with Crippen molar-refractivity contribution in [3.8, 4) is 0 Å². The molecule has 88 valence electrons. The molecule has 0 aliphatic carbocycles. The summed E-state index contributed by atoms with van der Waals surface area (Å²) in [7, 11) is 0. The Bertz CT molecular complexity index is 493. The molecule has 0 saturated heterocycles. The SMILES string of the molecule is Cc1cc(C)c(C)c(C(N=C=O)N=C=O)c1C. The fraction of sp³-hybridized carbons (Fsp3) is 0.385. The molecular formula is C13H14N2O2. The molecule has 4 nitrogen and oxygen atoms in total. The molecule has 0 unspecified atom stereocenters. The van der Waals surface area contributed by atoms with Crippen molar-refractivity contribution in [3.05, 3.63) is 33.9 Å². The van der Waals surface area contributed by atoms with Gasteiger partial charge >= 0.3 is 0 Å². The largest absolute Gasteiger partial charge is 0.237 e. The first-order valence-electron chi connectivity index (χ1n) is 5.24. The van der Waals surface area contributed by atoms with E-state index in [1.54, 1.807) is 0 Å². The molecule has 0 atom stereocenters. The number of carbonyl (C=O) groups excluding carboxylic acids is 2. The van der Waals surface area contributed by atoms with Crippen LogP contribution in [0.25, 0.3) is 0 Å². The molecule has 1 aromatic rings. The van der Waals surface area contributed by atoms with Gasteiger partial charge in [-0.25, -0.2) is 9.59 Å². The summed E-state index contributed by atoms with van der Waals surface area (Å²) in [5, 5.41) is 0. The average Bonchev–Trinajstić information content (AvgIpc) is 2.27. The molecule has 0 N–H and O–H groups in total. The van der Waals surface area contributed by atoms with Gasteiger partial charge in [0.05, 0.1) is 0 Å². The topological polar surface area (TPSA) is 58.9 Å². The summed E-state index contributed by atoms with van der Waals surface area (Å²) in [6, 6.07) is 2.06. The number of benzene rings is 1. The molecule has 0 aromatic heterocycles. The molecular weight excluding hydrogens is 216 g/mol. The van der Waals surface area contributed by atoms with Crippen LogP contribution in [0.15, 0.2) is 16.1 Å². The minimum Gasteiger partial charge on any atom is -0.211 e. The van der Waals surface area contributed by atoms with E-state index in [-0.39, 0.29) is 0 Å². The van der Waals surface area contributed by atoms with E-state index in [4.69, 9.17) is 0 Å². The van der Waals surface area contributed by atoms with Crippen LogP contribution in [0.5, 0.6) is 0 Å². The molecule has 17 heavy (non-hydrogen) atoms. The van der Waals surface area contributed by atoms with Crippen LogP contribution < -0.4 is 0 Å². The number of isocyanates is 2. The third-order valence-electron chi connectivity index (χ3n) is 3.03. The maximum Gasteiger partial charge on any atom is 0.237 e. The number of aryl methyl sites for hydroxylation is 2. The van der Waals surface area contributed by atoms with Crippen LogP contribution >= 0.6 is 0 Å². The Morgan fingerprint density at radius 1 is 0.941 bits per heavy atom. The van der Waals surface area contributed by atoms with E-state index in [0.29, 0.717) is 0 Å². The van der Waals surface area contributed by atoms with E-state index < -0.39 is 6.17 Å². The summed E-state index contributed by atoms with van der Waals surface area (Å²) in [5.41, 5.74) is 4.91. The standard InChI is InChI=1S/C13H14N2O2/c1-8-5-9(2)11(4)12(10(8)3)13(14-6-16)15-7-17/h5,13H,1-4H3. The Morgan fingerprint density at radius 2 is 1.35 bits per heavy atom. The molecule has 0 radical (unpaired) electrons. The molecule has 0 saturated carbocycles. The van der Waals surface area contributed by atoms with Gasteiger partial charge in [-0.05, 0) is 49.9 Å². The van der Waals surface area contributed by atoms with Gasteiger partial charge in [0.1, 0.15) is 0 Å². The molecule has 0 bridgehead atoms. The van der Waals surface area contributed by atoms with Gasteiger partial charge in [-0.2, -0.15) is 9.98 Å². The minimum atomic E-state index is -0.830. The van der Waals surface area contributed by atoms with Crippen LogP contribution in [-0.4, -0.2) is 12.2 Å². The third-order valence-corrected chi connectivity index (χ3v) is 3.03. The highest BCUT2D eigenvalue weighted by molar-refractivity contribution is 5.48. The zero-order chi connectivity index (χ0) is 13.0. The van der Waals surface area contributed by atoms with E-state index in [1.807, 2.05) is 27.7 Å². The molecule has 1 rings (SSSR count). The normalized spacial score (nSPS) is 11.3. The van der Waals surface area contributed by atoms with Gasteiger partial charge in [0.15, 0.2) is 6.17 Å². The predicted octanol–water partition coefficient (Wildman–Crippen LogP) is 2.59. The van der Waals surface area contributed by atoms with E-state index in [2.05, 4.69) is 16.1 Å². The summed E-state index contributed by atoms with van der Waals surface area (Å²) in [5.74, 6) is 0. The van der Waals surface area contributed by atoms with Gasteiger partial charge in [0.25, 0.3) is 0 Å². The van der Waals surface area contributed by atoms with Crippen molar-refractivity contribution >= 4 is 12.2 Å². The molecule has 1 aromatic carbocycles. The van der Waals surface area contributed by atoms with E-state index in [9.17, 15) is 9.59 Å². The lowest BCUT2D eigenvalue weighted by Gasteiger charge is -2.16. The van der Waals surface area contributed by atoms with Crippen molar-refractivity contribution in [2.75, 3.05) is 0 Å². The van der Waals surface area contributed by atoms with Crippen LogP contribution in [0.1, 0.15) is 34.0 Å². The minimum absolute atomic E-state index is 0.786. The fourth-order valence-corrected chi connectivity index (χ4v) is 1.89. The lowest BCUT2D eigenvalue weighted by molar-refractivity contribution is 0.551. The van der Waals surface area contributed by atoms with Crippen molar-refractivity contribution in [1.29, 1.82) is 0 Å². The van der Waals surface area contributed by atoms with Crippen molar-refractivity contribution in [1.82, 2.24) is 0 Å². The Kier molecular flexibility index (Phi) is 4.11. The summed E-state index contributed by atoms with van der Waals surface area (Å²) < 4.78 is 0. The van der Waals surface area contributed by atoms with E-state index in [0.717, 1.165) is 27.8 Å². The number of rotatable bonds is 3. The first kappa shape index (κ1) is 13.0. The second kappa shape index (κ2) is 5.35. The molecule has 0 spiro atoms. The van der Waals surface area contributed by atoms with Gasteiger partial charge in [0, 0.05) is 5.56 Å². The zero-order valence-corrected chi connectivity index (χ0v) is 10.4. The first-order chi connectivity index (χ1) is 8.02. The summed E-state index contributed by atoms with van der Waals surface area (Å²) in [4.78, 5) is 27.9. The third kappa shape index (κ3) is 2.56. The van der Waals surface area contributed by atoms with Gasteiger partial charge in [-0.15, -0.1) is 0 Å². The second-order valence-corrected chi connectivity index (χ2v) is 3.99. The van der Waals surface area contributed by atoms with E-state index in [1.165, 1.54) is 12.2 Å². The molecule has 0 amide bonds. The molecule has 0 aliphatic rings. The first-order valence-corrected chi connectivity index (χ1v) is 5.24. The monoisotopic (exact) mass is 230 g/mol. The fourth-order valence-electron chi connectivity index (χ4n) is 1.89. The van der Waals surface area contributed by atoms with Gasteiger partial charge < -0.3 is 0 Å². The maximum absolute atomic E-state index is 10.4. The molecule has 0 heterocycles. The van der Waals surface area contributed by atoms with Gasteiger partial charge in [-0.3, -0.25) is 0 Å². The quantitative estimate of drug-likeness (QED) is 0.592. The van der Waals surface area contributed by atoms with E-state index >= 15 is 0 Å². The van der Waals surface area contributed by atoms with Crippen molar-refractivity contribution in [2.45, 2.75) is 33.9 Å². The Labute approximate surface area is 100 Å². The Hall–Kier alpha value is -2.02. The number of hydrogen-bond acceptors (Lipinski definition) is 4. The highest BCUT2D eigenvalue weighted by atomic mass is 16.1. The summed E-state index contributed by atoms with van der Waals surface area (Å²) in [6.45, 7) is 7.78.